The van der Waals surface area contributed by atoms with Gasteiger partial charge in [0.25, 0.3) is 5.91 Å². The Kier molecular flexibility index (Phi) is 7.37. The number of carbonyl (C=O) groups excluding carboxylic acids is 2. The minimum Gasteiger partial charge on any atom is -0.457 e. The second-order valence-electron chi connectivity index (χ2n) is 9.70. The predicted molar refractivity (Wildman–Crippen MR) is 135 cm³/mol. The van der Waals surface area contributed by atoms with Crippen LogP contribution in [0.4, 0.5) is 13.2 Å². The van der Waals surface area contributed by atoms with Gasteiger partial charge in [0.15, 0.2) is 11.6 Å². The molecule has 2 aliphatic rings. The van der Waals surface area contributed by atoms with Crippen molar-refractivity contribution in [2.75, 3.05) is 26.2 Å². The van der Waals surface area contributed by atoms with Crippen LogP contribution in [0.5, 0.6) is 11.5 Å². The van der Waals surface area contributed by atoms with Crippen LogP contribution in [-0.4, -0.2) is 53.8 Å². The molecule has 2 unspecified atom stereocenters. The highest BCUT2D eigenvalue weighted by Crippen LogP contribution is 2.37. The lowest BCUT2D eigenvalue weighted by atomic mass is 9.91. The summed E-state index contributed by atoms with van der Waals surface area (Å²) in [5.41, 5.74) is 8.17. The molecule has 6 nitrogen and oxygen atoms in total. The van der Waals surface area contributed by atoms with E-state index in [1.54, 1.807) is 34.1 Å². The summed E-state index contributed by atoms with van der Waals surface area (Å²) < 4.78 is 46.4. The summed E-state index contributed by atoms with van der Waals surface area (Å²) in [7, 11) is 0. The summed E-state index contributed by atoms with van der Waals surface area (Å²) in [4.78, 5) is 29.6. The molecule has 198 valence electrons. The summed E-state index contributed by atoms with van der Waals surface area (Å²) in [6, 6.07) is 14.3. The highest BCUT2D eigenvalue weighted by atomic mass is 19.2. The van der Waals surface area contributed by atoms with E-state index in [1.807, 2.05) is 0 Å². The molecule has 3 aromatic carbocycles. The van der Waals surface area contributed by atoms with Crippen molar-refractivity contribution in [1.82, 2.24) is 9.80 Å². The molecule has 2 amide bonds. The maximum Gasteiger partial charge on any atom is 0.257 e. The first-order valence-corrected chi connectivity index (χ1v) is 12.6. The van der Waals surface area contributed by atoms with Gasteiger partial charge in [-0.05, 0) is 72.5 Å². The van der Waals surface area contributed by atoms with Gasteiger partial charge in [0.1, 0.15) is 17.3 Å². The largest absolute Gasteiger partial charge is 0.457 e. The van der Waals surface area contributed by atoms with Gasteiger partial charge in [0, 0.05) is 44.6 Å². The van der Waals surface area contributed by atoms with E-state index in [0.29, 0.717) is 61.6 Å². The van der Waals surface area contributed by atoms with Crippen molar-refractivity contribution >= 4 is 11.8 Å². The summed E-state index contributed by atoms with van der Waals surface area (Å²) >= 11 is 0. The molecule has 0 radical (unpaired) electrons. The highest BCUT2D eigenvalue weighted by molar-refractivity contribution is 5.97. The molecule has 1 heterocycles. The fourth-order valence-electron chi connectivity index (χ4n) is 5.24. The average Bonchev–Trinajstić information content (AvgIpc) is 3.32. The smallest absolute Gasteiger partial charge is 0.257 e. The van der Waals surface area contributed by atoms with Gasteiger partial charge < -0.3 is 20.3 Å². The van der Waals surface area contributed by atoms with Crippen molar-refractivity contribution < 1.29 is 27.5 Å². The van der Waals surface area contributed by atoms with Gasteiger partial charge in [-0.15, -0.1) is 0 Å². The molecule has 2 atom stereocenters. The van der Waals surface area contributed by atoms with Gasteiger partial charge in [-0.1, -0.05) is 12.1 Å². The molecule has 5 rings (SSSR count). The lowest BCUT2D eigenvalue weighted by molar-refractivity contribution is -0.133. The van der Waals surface area contributed by atoms with Crippen molar-refractivity contribution in [3.05, 3.63) is 94.8 Å². The monoisotopic (exact) mass is 523 g/mol. The maximum absolute atomic E-state index is 13.8. The molecule has 1 aliphatic carbocycles. The molecule has 0 bridgehead atoms. The Bertz CT molecular complexity index is 1340. The third-order valence-electron chi connectivity index (χ3n) is 7.31. The summed E-state index contributed by atoms with van der Waals surface area (Å²) in [5.74, 6) is -1.93. The van der Waals surface area contributed by atoms with Crippen LogP contribution in [0.15, 0.2) is 60.7 Å². The highest BCUT2D eigenvalue weighted by Gasteiger charge is 2.33. The molecular weight excluding hydrogens is 495 g/mol. The molecule has 38 heavy (non-hydrogen) atoms. The van der Waals surface area contributed by atoms with Gasteiger partial charge in [0.05, 0.1) is 5.56 Å². The molecule has 3 aromatic rings. The predicted octanol–water partition coefficient (Wildman–Crippen LogP) is 4.63. The molecule has 1 fully saturated rings. The van der Waals surface area contributed by atoms with E-state index < -0.39 is 17.7 Å². The van der Waals surface area contributed by atoms with E-state index in [2.05, 4.69) is 0 Å². The molecule has 0 spiro atoms. The number of rotatable bonds is 6. The van der Waals surface area contributed by atoms with E-state index in [4.69, 9.17) is 10.5 Å². The Morgan fingerprint density at radius 3 is 2.32 bits per heavy atom. The Morgan fingerprint density at radius 2 is 1.58 bits per heavy atom. The van der Waals surface area contributed by atoms with Crippen molar-refractivity contribution in [2.24, 2.45) is 5.73 Å². The van der Waals surface area contributed by atoms with Gasteiger partial charge >= 0.3 is 0 Å². The van der Waals surface area contributed by atoms with E-state index in [0.717, 1.165) is 5.56 Å². The number of halogens is 3. The second-order valence-corrected chi connectivity index (χ2v) is 9.70. The number of nitrogens with two attached hydrogens (primary N) is 1. The third-order valence-corrected chi connectivity index (χ3v) is 7.31. The zero-order chi connectivity index (χ0) is 26.8. The Morgan fingerprint density at radius 1 is 0.921 bits per heavy atom. The number of hydrogen-bond donors (Lipinski definition) is 1. The minimum atomic E-state index is -0.903. The summed E-state index contributed by atoms with van der Waals surface area (Å²) in [6.45, 7) is 1.42. The molecule has 9 heteroatoms. The van der Waals surface area contributed by atoms with Crippen LogP contribution in [0.3, 0.4) is 0 Å². The van der Waals surface area contributed by atoms with Crippen LogP contribution in [-0.2, 0) is 11.2 Å². The van der Waals surface area contributed by atoms with Crippen LogP contribution in [0.1, 0.15) is 40.2 Å². The number of fused-ring (bicyclic) bond motifs is 1. The number of carbonyl (C=O) groups is 2. The van der Waals surface area contributed by atoms with Crippen LogP contribution in [0, 0.1) is 17.5 Å². The van der Waals surface area contributed by atoms with Crippen molar-refractivity contribution in [3.8, 4) is 11.5 Å². The Balaban J connectivity index is 1.18. The molecule has 1 aliphatic heterocycles. The first-order chi connectivity index (χ1) is 18.3. The van der Waals surface area contributed by atoms with E-state index in [9.17, 15) is 22.8 Å². The summed E-state index contributed by atoms with van der Waals surface area (Å²) in [5, 5.41) is 0. The maximum atomic E-state index is 13.8. The standard InChI is InChI=1S/C29H28F3N3O3/c30-19-6-8-20(9-7-19)38-27-4-2-1-3-22(27)29(37)35-13-11-34(12-14-35)28(36)17-26(33)21-10-5-18-15-24(31)25(32)16-23(18)21/h1-4,6-9,15-16,21,26H,5,10-14,17,33H2. The van der Waals surface area contributed by atoms with Crippen LogP contribution in [0.2, 0.25) is 0 Å². The quantitative estimate of drug-likeness (QED) is 0.511. The fraction of sp³-hybridized carbons (Fsp3) is 0.310. The molecule has 0 saturated carbocycles. The molecule has 0 aromatic heterocycles. The van der Waals surface area contributed by atoms with E-state index in [-0.39, 0.29) is 30.0 Å². The first kappa shape index (κ1) is 25.8. The Hall–Kier alpha value is -3.85. The van der Waals surface area contributed by atoms with Gasteiger partial charge in [-0.2, -0.15) is 0 Å². The van der Waals surface area contributed by atoms with E-state index in [1.165, 1.54) is 36.4 Å². The number of nitrogens with zero attached hydrogens (tertiary/aromatic N) is 2. The van der Waals surface area contributed by atoms with Crippen molar-refractivity contribution in [1.29, 1.82) is 0 Å². The SMILES string of the molecule is NC(CC(=O)N1CCN(C(=O)c2ccccc2Oc2ccc(F)cc2)CC1)C1CCc2cc(F)c(F)cc21. The minimum absolute atomic E-state index is 0.0887. The molecule has 2 N–H and O–H groups in total. The number of piperazine rings is 1. The lowest BCUT2D eigenvalue weighted by Crippen LogP contribution is -2.51. The Labute approximate surface area is 218 Å². The third kappa shape index (κ3) is 5.38. The zero-order valence-electron chi connectivity index (χ0n) is 20.7. The van der Waals surface area contributed by atoms with Crippen LogP contribution in [0.25, 0.3) is 0 Å². The van der Waals surface area contributed by atoms with Crippen LogP contribution < -0.4 is 10.5 Å². The number of para-hydroxylation sites is 1. The second kappa shape index (κ2) is 10.9. The van der Waals surface area contributed by atoms with Crippen molar-refractivity contribution in [2.45, 2.75) is 31.2 Å². The number of benzene rings is 3. The van der Waals surface area contributed by atoms with E-state index >= 15 is 0 Å². The van der Waals surface area contributed by atoms with Gasteiger partial charge in [-0.25, -0.2) is 13.2 Å². The normalized spacial score (nSPS) is 17.7. The number of amides is 2. The van der Waals surface area contributed by atoms with Gasteiger partial charge in [-0.3, -0.25) is 9.59 Å². The molecular formula is C29H28F3N3O3. The topological polar surface area (TPSA) is 75.9 Å². The number of ether oxygens (including phenoxy) is 1. The fourth-order valence-corrected chi connectivity index (χ4v) is 5.24. The first-order valence-electron chi connectivity index (χ1n) is 12.6. The lowest BCUT2D eigenvalue weighted by Gasteiger charge is -2.35. The average molecular weight is 524 g/mol. The zero-order valence-corrected chi connectivity index (χ0v) is 20.7. The number of hydrogen-bond acceptors (Lipinski definition) is 4. The van der Waals surface area contributed by atoms with Crippen LogP contribution >= 0.6 is 0 Å². The van der Waals surface area contributed by atoms with Crippen molar-refractivity contribution in [3.63, 3.8) is 0 Å². The van der Waals surface area contributed by atoms with Gasteiger partial charge in [0.2, 0.25) is 5.91 Å². The number of aryl methyl sites for hydroxylation is 1. The summed E-state index contributed by atoms with van der Waals surface area (Å²) in [6.07, 6.45) is 1.34. The molecule has 1 saturated heterocycles.